The summed E-state index contributed by atoms with van der Waals surface area (Å²) in [5.41, 5.74) is -1.09. The van der Waals surface area contributed by atoms with Crippen molar-refractivity contribution < 1.29 is 43.6 Å². The monoisotopic (exact) mass is 728 g/mol. The van der Waals surface area contributed by atoms with Gasteiger partial charge < -0.3 is 24.4 Å². The number of aliphatic hydroxyl groups excluding tert-OH is 2. The lowest BCUT2D eigenvalue weighted by Gasteiger charge is -2.49. The summed E-state index contributed by atoms with van der Waals surface area (Å²) in [6.07, 6.45) is 4.53. The molecule has 0 unspecified atom stereocenters. The van der Waals surface area contributed by atoms with Crippen LogP contribution in [0.2, 0.25) is 0 Å². The summed E-state index contributed by atoms with van der Waals surface area (Å²) in [7, 11) is 1.30. The van der Waals surface area contributed by atoms with Crippen molar-refractivity contribution in [3.63, 3.8) is 0 Å². The first-order chi connectivity index (χ1) is 24.3. The van der Waals surface area contributed by atoms with Crippen LogP contribution in [0.1, 0.15) is 139 Å². The number of fused-ring (bicyclic) bond motifs is 5. The number of hydrogen-bond donors (Lipinski definition) is 2. The van der Waals surface area contributed by atoms with E-state index in [9.17, 15) is 29.4 Å². The minimum atomic E-state index is -1.66. The summed E-state index contributed by atoms with van der Waals surface area (Å²) in [6.45, 7) is 17.9. The summed E-state index contributed by atoms with van der Waals surface area (Å²) in [6, 6.07) is 0. The van der Waals surface area contributed by atoms with Crippen LogP contribution < -0.4 is 0 Å². The molecule has 2 aliphatic heterocycles. The van der Waals surface area contributed by atoms with Crippen molar-refractivity contribution in [1.82, 2.24) is 0 Å². The summed E-state index contributed by atoms with van der Waals surface area (Å²) in [4.78, 5) is 57.8. The van der Waals surface area contributed by atoms with Gasteiger partial charge in [-0.25, -0.2) is 0 Å². The lowest BCUT2D eigenvalue weighted by Crippen LogP contribution is -2.55. The molecule has 2 bridgehead atoms. The van der Waals surface area contributed by atoms with Gasteiger partial charge in [-0.05, 0) is 90.6 Å². The molecule has 2 N–H and O–H groups in total. The van der Waals surface area contributed by atoms with Gasteiger partial charge in [-0.1, -0.05) is 57.8 Å². The van der Waals surface area contributed by atoms with E-state index >= 15 is 0 Å². The average molecular weight is 729 g/mol. The minimum Gasteiger partial charge on any atom is -0.469 e. The van der Waals surface area contributed by atoms with Gasteiger partial charge in [-0.15, -0.1) is 0 Å². The Balaban J connectivity index is 2.00. The van der Waals surface area contributed by atoms with Crippen molar-refractivity contribution in [2.24, 2.45) is 40.9 Å². The number of aliphatic hydroxyl groups is 2. The SMILES string of the molecule is CCO[C@@]1(C)C[C@@H](O)C2=C(C)C[C@@H]3C(=O)C[C@@H](C)CCC[C@@H](C)C(=O)C[C@@H](C(C)C)C(=O)C[C@]3(C(=O)OC)[C@H]2/C=C(\C)CC[C@@H](O)[C@@]2(C)CC[C@H]1O2. The van der Waals surface area contributed by atoms with Crippen LogP contribution in [0.3, 0.4) is 0 Å². The number of ether oxygens (including phenoxy) is 3. The Labute approximate surface area is 312 Å². The number of esters is 1. The molecule has 0 radical (unpaired) electrons. The summed E-state index contributed by atoms with van der Waals surface area (Å²) in [5.74, 6) is -3.66. The Morgan fingerprint density at radius 1 is 0.981 bits per heavy atom. The highest BCUT2D eigenvalue weighted by molar-refractivity contribution is 5.97. The smallest absolute Gasteiger partial charge is 0.313 e. The maximum absolute atomic E-state index is 14.8. The third-order valence-corrected chi connectivity index (χ3v) is 13.4. The van der Waals surface area contributed by atoms with E-state index in [0.29, 0.717) is 44.3 Å². The van der Waals surface area contributed by atoms with Gasteiger partial charge in [0.25, 0.3) is 0 Å². The molecule has 2 heterocycles. The van der Waals surface area contributed by atoms with E-state index in [-0.39, 0.29) is 67.2 Å². The number of hydrogen-bond acceptors (Lipinski definition) is 9. The van der Waals surface area contributed by atoms with E-state index in [1.165, 1.54) is 7.11 Å². The van der Waals surface area contributed by atoms with E-state index in [4.69, 9.17) is 14.2 Å². The van der Waals surface area contributed by atoms with Crippen molar-refractivity contribution in [3.8, 4) is 0 Å². The zero-order chi connectivity index (χ0) is 38.8. The van der Waals surface area contributed by atoms with Crippen LogP contribution in [-0.2, 0) is 33.4 Å². The fourth-order valence-corrected chi connectivity index (χ4v) is 10.0. The van der Waals surface area contributed by atoms with Gasteiger partial charge in [-0.3, -0.25) is 19.2 Å². The largest absolute Gasteiger partial charge is 0.469 e. The first-order valence-corrected chi connectivity index (χ1v) is 20.0. The number of allylic oxidation sites excluding steroid dienone is 3. The van der Waals surface area contributed by atoms with Gasteiger partial charge >= 0.3 is 5.97 Å². The predicted octanol–water partition coefficient (Wildman–Crippen LogP) is 7.29. The molecule has 9 nitrogen and oxygen atoms in total. The van der Waals surface area contributed by atoms with Gasteiger partial charge in [0.2, 0.25) is 0 Å². The molecular weight excluding hydrogens is 660 g/mol. The lowest BCUT2D eigenvalue weighted by atomic mass is 9.52. The topological polar surface area (TPSA) is 136 Å². The maximum Gasteiger partial charge on any atom is 0.313 e. The van der Waals surface area contributed by atoms with Gasteiger partial charge in [0.1, 0.15) is 17.3 Å². The fraction of sp³-hybridized carbons (Fsp3) is 0.814. The van der Waals surface area contributed by atoms with Gasteiger partial charge in [0.15, 0.2) is 0 Å². The quantitative estimate of drug-likeness (QED) is 0.226. The standard InChI is InChI=1S/C43H68O9/c1-11-51-42(9)23-36(47)39-29(7)21-31-34(45)20-26(4)13-12-14-28(6)33(44)22-30(25(2)3)35(46)24-43(31,40(49)50-10)32(39)19-27(5)15-16-37(48)41(8)18-17-38(42)52-41/h19,25-26,28,30-32,36-38,47-48H,11-18,20-24H2,1-10H3/b27-19+/t26-,28+,30-,31+,32-,36+,37+,38+,41+,42-,43+/m0/s1. The molecule has 52 heavy (non-hydrogen) atoms. The molecular formula is C43H68O9. The average Bonchev–Trinajstić information content (AvgIpc) is 3.49. The molecule has 2 fully saturated rings. The number of carbonyl (C=O) groups is 4. The molecule has 4 rings (SSSR count). The summed E-state index contributed by atoms with van der Waals surface area (Å²) >= 11 is 0. The Bertz CT molecular complexity index is 1400. The number of methoxy groups -OCH3 is 1. The van der Waals surface area contributed by atoms with Gasteiger partial charge in [0.05, 0.1) is 42.0 Å². The fourth-order valence-electron chi connectivity index (χ4n) is 10.0. The highest BCUT2D eigenvalue weighted by Gasteiger charge is 2.60. The van der Waals surface area contributed by atoms with Gasteiger partial charge in [0, 0.05) is 56.0 Å². The number of carbonyl (C=O) groups excluding carboxylic acids is 4. The molecule has 0 aromatic rings. The lowest BCUT2D eigenvalue weighted by molar-refractivity contribution is -0.183. The highest BCUT2D eigenvalue weighted by atomic mass is 16.6. The molecule has 0 aromatic heterocycles. The van der Waals surface area contributed by atoms with Crippen LogP contribution in [0.5, 0.6) is 0 Å². The first-order valence-electron chi connectivity index (χ1n) is 20.0. The second-order valence-corrected chi connectivity index (χ2v) is 17.8. The third-order valence-electron chi connectivity index (χ3n) is 13.4. The van der Waals surface area contributed by atoms with Crippen molar-refractivity contribution >= 4 is 23.3 Å². The first kappa shape index (κ1) is 42.5. The summed E-state index contributed by atoms with van der Waals surface area (Å²) in [5, 5.41) is 24.0. The maximum atomic E-state index is 14.8. The Hall–Kier alpha value is -2.20. The van der Waals surface area contributed by atoms with Crippen molar-refractivity contribution in [3.05, 3.63) is 22.8 Å². The van der Waals surface area contributed by atoms with Crippen LogP contribution in [0.25, 0.3) is 0 Å². The molecule has 0 spiro atoms. The van der Waals surface area contributed by atoms with E-state index in [1.54, 1.807) is 0 Å². The second-order valence-electron chi connectivity index (χ2n) is 17.8. The molecule has 9 heteroatoms. The molecule has 1 saturated carbocycles. The number of Topliss-reactive ketones (excluding diaryl/α,β-unsaturated/α-hetero) is 3. The van der Waals surface area contributed by atoms with Crippen LogP contribution in [0, 0.1) is 40.9 Å². The van der Waals surface area contributed by atoms with Crippen molar-refractivity contribution in [2.45, 2.75) is 169 Å². The molecule has 11 atom stereocenters. The summed E-state index contributed by atoms with van der Waals surface area (Å²) < 4.78 is 18.7. The molecule has 0 aromatic carbocycles. The number of ketones is 3. The third kappa shape index (κ3) is 8.68. The number of rotatable bonds is 4. The molecule has 1 saturated heterocycles. The Morgan fingerprint density at radius 2 is 1.67 bits per heavy atom. The van der Waals surface area contributed by atoms with Crippen molar-refractivity contribution in [2.75, 3.05) is 13.7 Å². The van der Waals surface area contributed by atoms with Crippen LogP contribution >= 0.6 is 0 Å². The van der Waals surface area contributed by atoms with E-state index in [0.717, 1.165) is 24.0 Å². The van der Waals surface area contributed by atoms with E-state index < -0.39 is 58.7 Å². The van der Waals surface area contributed by atoms with E-state index in [2.05, 4.69) is 0 Å². The molecule has 2 aliphatic carbocycles. The predicted molar refractivity (Wildman–Crippen MR) is 200 cm³/mol. The molecule has 294 valence electrons. The molecule has 0 amide bonds. The Morgan fingerprint density at radius 3 is 2.31 bits per heavy atom. The van der Waals surface area contributed by atoms with Gasteiger partial charge in [-0.2, -0.15) is 0 Å². The van der Waals surface area contributed by atoms with Crippen LogP contribution in [0.15, 0.2) is 22.8 Å². The second kappa shape index (κ2) is 17.1. The zero-order valence-corrected chi connectivity index (χ0v) is 33.7. The van der Waals surface area contributed by atoms with Crippen molar-refractivity contribution in [1.29, 1.82) is 0 Å². The normalized spacial score (nSPS) is 41.5. The van der Waals surface area contributed by atoms with Crippen LogP contribution in [0.4, 0.5) is 0 Å². The van der Waals surface area contributed by atoms with Crippen LogP contribution in [-0.4, -0.2) is 76.8 Å². The zero-order valence-electron chi connectivity index (χ0n) is 33.7. The van der Waals surface area contributed by atoms with E-state index in [1.807, 2.05) is 68.4 Å². The Kier molecular flexibility index (Phi) is 14.0. The minimum absolute atomic E-state index is 0.0194. The highest BCUT2D eigenvalue weighted by Crippen LogP contribution is 2.56. The molecule has 4 aliphatic rings.